The molecule has 1 amide bonds. The summed E-state index contributed by atoms with van der Waals surface area (Å²) in [4.78, 5) is 17.3. The first-order chi connectivity index (χ1) is 14.6. The lowest BCUT2D eigenvalue weighted by Gasteiger charge is -2.31. The highest BCUT2D eigenvalue weighted by Gasteiger charge is 2.30. The predicted molar refractivity (Wildman–Crippen MR) is 120 cm³/mol. The summed E-state index contributed by atoms with van der Waals surface area (Å²) in [5.74, 6) is -0.528. The van der Waals surface area contributed by atoms with Crippen LogP contribution >= 0.6 is 0 Å². The third-order valence-electron chi connectivity index (χ3n) is 6.34. The second-order valence-electron chi connectivity index (χ2n) is 8.16. The van der Waals surface area contributed by atoms with Crippen molar-refractivity contribution in [3.63, 3.8) is 0 Å². The van der Waals surface area contributed by atoms with E-state index in [0.717, 1.165) is 18.5 Å². The predicted octanol–water partition coefficient (Wildman–Crippen LogP) is 4.76. The molecule has 5 nitrogen and oxygen atoms in total. The average molecular weight is 404 g/mol. The molecule has 156 valence electrons. The van der Waals surface area contributed by atoms with Gasteiger partial charge in [-0.2, -0.15) is 0 Å². The lowest BCUT2D eigenvalue weighted by Crippen LogP contribution is -2.33. The molecule has 0 radical (unpaired) electrons. The van der Waals surface area contributed by atoms with Crippen LogP contribution in [0.5, 0.6) is 0 Å². The third-order valence-corrected chi connectivity index (χ3v) is 6.34. The minimum Gasteiger partial charge on any atom is -0.358 e. The molecule has 5 heteroatoms. The molecule has 1 saturated heterocycles. The molecule has 0 spiro atoms. The van der Waals surface area contributed by atoms with Crippen molar-refractivity contribution >= 4 is 22.9 Å². The van der Waals surface area contributed by atoms with Gasteiger partial charge in [-0.1, -0.05) is 42.5 Å². The van der Waals surface area contributed by atoms with Crippen LogP contribution in [0.3, 0.4) is 0 Å². The number of likely N-dealkylation sites (tertiary alicyclic amines) is 1. The maximum atomic E-state index is 11.1. The van der Waals surface area contributed by atoms with Gasteiger partial charge in [0.05, 0.1) is 0 Å². The van der Waals surface area contributed by atoms with Gasteiger partial charge in [-0.25, -0.2) is 5.48 Å². The molecule has 1 aliphatic heterocycles. The van der Waals surface area contributed by atoms with Crippen molar-refractivity contribution in [2.45, 2.75) is 45.2 Å². The molecule has 0 bridgehead atoms. The van der Waals surface area contributed by atoms with Crippen molar-refractivity contribution in [3.8, 4) is 0 Å². The van der Waals surface area contributed by atoms with E-state index in [1.807, 2.05) is 12.1 Å². The number of hydrogen-bond acceptors (Lipinski definition) is 3. The summed E-state index contributed by atoms with van der Waals surface area (Å²) >= 11 is 0. The first-order valence-corrected chi connectivity index (χ1v) is 10.6. The minimum absolute atomic E-state index is 0.335. The molecule has 1 fully saturated rings. The van der Waals surface area contributed by atoms with Crippen LogP contribution in [0, 0.1) is 6.92 Å². The van der Waals surface area contributed by atoms with Gasteiger partial charge in [0.15, 0.2) is 0 Å². The Kier molecular flexibility index (Phi) is 6.02. The Morgan fingerprint density at radius 3 is 2.80 bits per heavy atom. The zero-order valence-corrected chi connectivity index (χ0v) is 17.6. The highest BCUT2D eigenvalue weighted by atomic mass is 16.5. The number of nitrogens with zero attached hydrogens (tertiary/aromatic N) is 1. The normalized spacial score (nSPS) is 18.3. The molecule has 1 unspecified atom stereocenters. The van der Waals surface area contributed by atoms with Crippen LogP contribution in [-0.4, -0.2) is 33.6 Å². The monoisotopic (exact) mass is 403 g/mol. The number of amides is 1. The van der Waals surface area contributed by atoms with Crippen molar-refractivity contribution in [1.82, 2.24) is 15.4 Å². The van der Waals surface area contributed by atoms with Gasteiger partial charge in [-0.3, -0.25) is 14.9 Å². The Labute approximate surface area is 177 Å². The van der Waals surface area contributed by atoms with E-state index in [2.05, 4.69) is 60.1 Å². The standard InChI is InChI=1S/C25H29N3O2/c1-17-23(22-7-3-4-8-24(22)26-17)16-21-6-5-15-28(21)18(2)20-12-9-19(10-13-20)11-14-25(29)27-30/h3-4,7-14,18,21,26,30H,5-6,15-16H2,1-2H3,(H,27,29)/t18-,21?/m0/s1. The van der Waals surface area contributed by atoms with Gasteiger partial charge in [0.25, 0.3) is 5.91 Å². The number of nitrogens with one attached hydrogen (secondary N) is 2. The number of rotatable bonds is 6. The van der Waals surface area contributed by atoms with Crippen LogP contribution in [0.25, 0.3) is 17.0 Å². The Morgan fingerprint density at radius 2 is 2.03 bits per heavy atom. The SMILES string of the molecule is Cc1[nH]c2ccccc2c1CC1CCCN1[C@@H](C)c1ccc(C=CC(=O)NO)cc1. The zero-order valence-electron chi connectivity index (χ0n) is 17.6. The number of aromatic nitrogens is 1. The molecule has 2 atom stereocenters. The Bertz CT molecular complexity index is 1050. The van der Waals surface area contributed by atoms with E-state index in [1.54, 1.807) is 11.6 Å². The average Bonchev–Trinajstić information content (AvgIpc) is 3.36. The number of carbonyl (C=O) groups is 1. The van der Waals surface area contributed by atoms with Crippen LogP contribution in [0.15, 0.2) is 54.6 Å². The van der Waals surface area contributed by atoms with E-state index in [-0.39, 0.29) is 0 Å². The largest absolute Gasteiger partial charge is 0.358 e. The van der Waals surface area contributed by atoms with Gasteiger partial charge in [-0.15, -0.1) is 0 Å². The van der Waals surface area contributed by atoms with Crippen LogP contribution in [0.1, 0.15) is 48.2 Å². The number of carbonyl (C=O) groups excluding carboxylic acids is 1. The van der Waals surface area contributed by atoms with Crippen molar-refractivity contribution in [2.75, 3.05) is 6.54 Å². The number of aryl methyl sites for hydroxylation is 1. The second kappa shape index (κ2) is 8.86. The Balaban J connectivity index is 1.49. The maximum Gasteiger partial charge on any atom is 0.267 e. The third kappa shape index (κ3) is 4.18. The lowest BCUT2D eigenvalue weighted by atomic mass is 9.98. The van der Waals surface area contributed by atoms with Crippen LogP contribution in [0.2, 0.25) is 0 Å². The molecule has 3 N–H and O–H groups in total. The van der Waals surface area contributed by atoms with E-state index in [1.165, 1.54) is 46.6 Å². The van der Waals surface area contributed by atoms with Crippen molar-refractivity contribution in [1.29, 1.82) is 0 Å². The summed E-state index contributed by atoms with van der Waals surface area (Å²) in [6.07, 6.45) is 6.53. The number of benzene rings is 2. The molecule has 1 aliphatic rings. The number of para-hydroxylation sites is 1. The molecule has 2 aromatic carbocycles. The quantitative estimate of drug-likeness (QED) is 0.316. The fourth-order valence-electron chi connectivity index (χ4n) is 4.71. The van der Waals surface area contributed by atoms with Crippen LogP contribution in [0.4, 0.5) is 0 Å². The van der Waals surface area contributed by atoms with E-state index >= 15 is 0 Å². The van der Waals surface area contributed by atoms with Crippen molar-refractivity contribution in [3.05, 3.63) is 77.0 Å². The highest BCUT2D eigenvalue weighted by Crippen LogP contribution is 2.33. The maximum absolute atomic E-state index is 11.1. The van der Waals surface area contributed by atoms with Crippen LogP contribution in [-0.2, 0) is 11.2 Å². The summed E-state index contributed by atoms with van der Waals surface area (Å²) in [5.41, 5.74) is 7.76. The van der Waals surface area contributed by atoms with Gasteiger partial charge < -0.3 is 4.98 Å². The summed E-state index contributed by atoms with van der Waals surface area (Å²) in [6, 6.07) is 17.7. The molecule has 0 saturated carbocycles. The van der Waals surface area contributed by atoms with E-state index in [9.17, 15) is 4.79 Å². The number of aromatic amines is 1. The summed E-state index contributed by atoms with van der Waals surface area (Å²) < 4.78 is 0. The second-order valence-corrected chi connectivity index (χ2v) is 8.16. The van der Waals surface area contributed by atoms with Crippen LogP contribution < -0.4 is 5.48 Å². The Hall–Kier alpha value is -2.89. The lowest BCUT2D eigenvalue weighted by molar-refractivity contribution is -0.124. The molecular formula is C25H29N3O2. The molecular weight excluding hydrogens is 374 g/mol. The van der Waals surface area contributed by atoms with E-state index < -0.39 is 5.91 Å². The van der Waals surface area contributed by atoms with Gasteiger partial charge >= 0.3 is 0 Å². The molecule has 1 aromatic heterocycles. The zero-order chi connectivity index (χ0) is 21.1. The van der Waals surface area contributed by atoms with Gasteiger partial charge in [-0.05, 0) is 68.5 Å². The molecule has 0 aliphatic carbocycles. The van der Waals surface area contributed by atoms with Crippen molar-refractivity contribution < 1.29 is 10.0 Å². The fraction of sp³-hybridized carbons (Fsp3) is 0.320. The van der Waals surface area contributed by atoms with Gasteiger partial charge in [0.2, 0.25) is 0 Å². The topological polar surface area (TPSA) is 68.4 Å². The van der Waals surface area contributed by atoms with Gasteiger partial charge in [0.1, 0.15) is 0 Å². The van der Waals surface area contributed by atoms with Gasteiger partial charge in [0, 0.05) is 34.8 Å². The summed E-state index contributed by atoms with van der Waals surface area (Å²) in [7, 11) is 0. The molecule has 4 rings (SSSR count). The van der Waals surface area contributed by atoms with Crippen molar-refractivity contribution in [2.24, 2.45) is 0 Å². The summed E-state index contributed by atoms with van der Waals surface area (Å²) in [6.45, 7) is 5.58. The summed E-state index contributed by atoms with van der Waals surface area (Å²) in [5, 5.41) is 9.93. The first-order valence-electron chi connectivity index (χ1n) is 10.6. The van der Waals surface area contributed by atoms with E-state index in [4.69, 9.17) is 5.21 Å². The Morgan fingerprint density at radius 1 is 1.27 bits per heavy atom. The molecule has 2 heterocycles. The number of fused-ring (bicyclic) bond motifs is 1. The number of hydrogen-bond donors (Lipinski definition) is 3. The fourth-order valence-corrected chi connectivity index (χ4v) is 4.71. The number of hydroxylamine groups is 1. The molecule has 30 heavy (non-hydrogen) atoms. The first kappa shape index (κ1) is 20.4. The number of H-pyrrole nitrogens is 1. The van der Waals surface area contributed by atoms with E-state index in [0.29, 0.717) is 12.1 Å². The highest BCUT2D eigenvalue weighted by molar-refractivity contribution is 5.90. The minimum atomic E-state index is -0.528. The molecule has 3 aromatic rings. The smallest absolute Gasteiger partial charge is 0.267 e.